The molecule has 0 heterocycles. The van der Waals surface area contributed by atoms with Gasteiger partial charge in [0.05, 0.1) is 11.7 Å². The second-order valence-electron chi connectivity index (χ2n) is 8.91. The third-order valence-corrected chi connectivity index (χ3v) is 6.61. The molecule has 2 rings (SSSR count). The Morgan fingerprint density at radius 1 is 1.32 bits per heavy atom. The molecular formula is C20H34O2. The van der Waals surface area contributed by atoms with Crippen molar-refractivity contribution in [1.29, 1.82) is 0 Å². The monoisotopic (exact) mass is 306 g/mol. The predicted octanol–water partition coefficient (Wildman–Crippen LogP) is 4.47. The molecule has 0 radical (unpaired) electrons. The number of aliphatic hydroxyl groups is 2. The molecule has 2 fully saturated rings. The van der Waals surface area contributed by atoms with Crippen LogP contribution in [-0.2, 0) is 0 Å². The molecule has 2 saturated carbocycles. The van der Waals surface area contributed by atoms with E-state index in [1.165, 1.54) is 18.4 Å². The molecule has 2 N–H and O–H groups in total. The van der Waals surface area contributed by atoms with Crippen LogP contribution >= 0.6 is 0 Å². The van der Waals surface area contributed by atoms with E-state index in [0.717, 1.165) is 12.8 Å². The van der Waals surface area contributed by atoms with Gasteiger partial charge in [-0.2, -0.15) is 0 Å². The fourth-order valence-electron chi connectivity index (χ4n) is 5.55. The van der Waals surface area contributed by atoms with Crippen LogP contribution in [0.25, 0.3) is 0 Å². The Morgan fingerprint density at radius 3 is 2.55 bits per heavy atom. The maximum absolute atomic E-state index is 10.7. The second kappa shape index (κ2) is 5.79. The summed E-state index contributed by atoms with van der Waals surface area (Å²) in [7, 11) is 0. The zero-order valence-electron chi connectivity index (χ0n) is 14.9. The first-order chi connectivity index (χ1) is 10.0. The van der Waals surface area contributed by atoms with Crippen molar-refractivity contribution in [2.24, 2.45) is 22.7 Å². The molecule has 0 aromatic heterocycles. The second-order valence-corrected chi connectivity index (χ2v) is 8.91. The molecule has 2 aliphatic carbocycles. The fraction of sp³-hybridized carbons (Fsp3) is 0.800. The largest absolute Gasteiger partial charge is 0.392 e. The molecule has 0 amide bonds. The predicted molar refractivity (Wildman–Crippen MR) is 92.5 cm³/mol. The van der Waals surface area contributed by atoms with Crippen LogP contribution in [0.1, 0.15) is 66.2 Å². The van der Waals surface area contributed by atoms with E-state index >= 15 is 0 Å². The van der Waals surface area contributed by atoms with E-state index in [-0.39, 0.29) is 16.9 Å². The van der Waals surface area contributed by atoms with Crippen LogP contribution in [0.15, 0.2) is 24.8 Å². The number of hydrogen-bond acceptors (Lipinski definition) is 2. The highest BCUT2D eigenvalue weighted by atomic mass is 16.3. The minimum absolute atomic E-state index is 0.0910. The van der Waals surface area contributed by atoms with E-state index < -0.39 is 5.60 Å². The smallest absolute Gasteiger partial charge is 0.0797 e. The quantitative estimate of drug-likeness (QED) is 0.752. The average Bonchev–Trinajstić information content (AvgIpc) is 2.36. The van der Waals surface area contributed by atoms with E-state index in [2.05, 4.69) is 33.9 Å². The highest BCUT2D eigenvalue weighted by Crippen LogP contribution is 2.61. The minimum Gasteiger partial charge on any atom is -0.392 e. The summed E-state index contributed by atoms with van der Waals surface area (Å²) in [4.78, 5) is 0. The Bertz CT molecular complexity index is 449. The Hall–Kier alpha value is -0.600. The number of aliphatic hydroxyl groups excluding tert-OH is 1. The van der Waals surface area contributed by atoms with Crippen molar-refractivity contribution < 1.29 is 10.2 Å². The molecular weight excluding hydrogens is 272 g/mol. The van der Waals surface area contributed by atoms with Gasteiger partial charge < -0.3 is 10.2 Å². The van der Waals surface area contributed by atoms with Gasteiger partial charge in [-0.3, -0.25) is 0 Å². The van der Waals surface area contributed by atoms with Gasteiger partial charge in [-0.15, -0.1) is 6.58 Å². The van der Waals surface area contributed by atoms with E-state index in [9.17, 15) is 10.2 Å². The number of hydrogen-bond donors (Lipinski definition) is 2. The van der Waals surface area contributed by atoms with Crippen molar-refractivity contribution in [2.75, 3.05) is 0 Å². The van der Waals surface area contributed by atoms with E-state index in [1.807, 2.05) is 6.92 Å². The maximum atomic E-state index is 10.7. The lowest BCUT2D eigenvalue weighted by Gasteiger charge is -2.59. The molecule has 2 heteroatoms. The molecule has 2 nitrogen and oxygen atoms in total. The van der Waals surface area contributed by atoms with E-state index in [4.69, 9.17) is 0 Å². The van der Waals surface area contributed by atoms with Crippen LogP contribution in [0, 0.1) is 22.7 Å². The summed E-state index contributed by atoms with van der Waals surface area (Å²) < 4.78 is 0. The van der Waals surface area contributed by atoms with Gasteiger partial charge in [0, 0.05) is 0 Å². The van der Waals surface area contributed by atoms with Crippen molar-refractivity contribution in [2.45, 2.75) is 77.9 Å². The molecule has 0 spiro atoms. The zero-order valence-corrected chi connectivity index (χ0v) is 14.9. The molecule has 0 saturated heterocycles. The first-order valence-corrected chi connectivity index (χ1v) is 8.75. The summed E-state index contributed by atoms with van der Waals surface area (Å²) >= 11 is 0. The van der Waals surface area contributed by atoms with Gasteiger partial charge >= 0.3 is 0 Å². The molecule has 126 valence electrons. The number of rotatable bonds is 4. The van der Waals surface area contributed by atoms with Gasteiger partial charge in [0.1, 0.15) is 0 Å². The Balaban J connectivity index is 2.28. The summed E-state index contributed by atoms with van der Waals surface area (Å²) in [5, 5.41) is 21.0. The van der Waals surface area contributed by atoms with Crippen LogP contribution in [0.3, 0.4) is 0 Å². The average molecular weight is 306 g/mol. The Labute approximate surface area is 136 Å². The lowest BCUT2D eigenvalue weighted by atomic mass is 9.46. The first kappa shape index (κ1) is 17.7. The minimum atomic E-state index is -0.813. The van der Waals surface area contributed by atoms with Crippen LogP contribution in [0.4, 0.5) is 0 Å². The van der Waals surface area contributed by atoms with Gasteiger partial charge in [-0.1, -0.05) is 45.4 Å². The molecule has 0 aliphatic heterocycles. The lowest BCUT2D eigenvalue weighted by molar-refractivity contribution is -0.123. The third kappa shape index (κ3) is 3.05. The summed E-state index contributed by atoms with van der Waals surface area (Å²) in [6.45, 7) is 16.8. The van der Waals surface area contributed by atoms with Gasteiger partial charge in [0.2, 0.25) is 0 Å². The Morgan fingerprint density at radius 2 is 1.95 bits per heavy atom. The lowest BCUT2D eigenvalue weighted by Crippen LogP contribution is -2.55. The summed E-state index contributed by atoms with van der Waals surface area (Å²) in [6, 6.07) is 0. The van der Waals surface area contributed by atoms with Crippen molar-refractivity contribution in [3.05, 3.63) is 24.8 Å². The summed E-state index contributed by atoms with van der Waals surface area (Å²) in [5.74, 6) is 0.699. The van der Waals surface area contributed by atoms with Gasteiger partial charge in [0.25, 0.3) is 0 Å². The molecule has 0 aromatic carbocycles. The van der Waals surface area contributed by atoms with Gasteiger partial charge in [-0.25, -0.2) is 0 Å². The maximum Gasteiger partial charge on any atom is 0.0797 e. The molecule has 0 aromatic rings. The van der Waals surface area contributed by atoms with Crippen LogP contribution in [0.2, 0.25) is 0 Å². The van der Waals surface area contributed by atoms with Crippen LogP contribution in [0.5, 0.6) is 0 Å². The van der Waals surface area contributed by atoms with Crippen molar-refractivity contribution in [3.8, 4) is 0 Å². The first-order valence-electron chi connectivity index (χ1n) is 8.75. The summed E-state index contributed by atoms with van der Waals surface area (Å²) in [5.41, 5.74) is 0.621. The Kier molecular flexibility index (Phi) is 4.68. The van der Waals surface area contributed by atoms with Gasteiger partial charge in [0.15, 0.2) is 0 Å². The van der Waals surface area contributed by atoms with Gasteiger partial charge in [-0.05, 0) is 61.7 Å². The molecule has 5 atom stereocenters. The van der Waals surface area contributed by atoms with Crippen molar-refractivity contribution in [1.82, 2.24) is 0 Å². The highest BCUT2D eigenvalue weighted by Gasteiger charge is 2.56. The van der Waals surface area contributed by atoms with Crippen LogP contribution in [-0.4, -0.2) is 21.9 Å². The summed E-state index contributed by atoms with van der Waals surface area (Å²) in [6.07, 6.45) is 7.26. The SMILES string of the molecule is C=C[C@@](C)(O)CC[C@@H]1C(=C)C[C@H](O)[C@H]2C(C)(C)CCC[C@@]12C. The fourth-order valence-corrected chi connectivity index (χ4v) is 5.55. The third-order valence-electron chi connectivity index (χ3n) is 6.61. The zero-order chi connectivity index (χ0) is 16.8. The van der Waals surface area contributed by atoms with Crippen molar-refractivity contribution >= 4 is 0 Å². The topological polar surface area (TPSA) is 40.5 Å². The molecule has 0 unspecified atom stereocenters. The van der Waals surface area contributed by atoms with Crippen LogP contribution < -0.4 is 0 Å². The molecule has 0 bridgehead atoms. The number of fused-ring (bicyclic) bond motifs is 1. The normalized spacial score (nSPS) is 40.6. The van der Waals surface area contributed by atoms with E-state index in [1.54, 1.807) is 6.08 Å². The standard InChI is InChI=1S/C20H34O2/c1-7-19(5,22)12-9-15-14(2)13-16(21)17-18(3,4)10-8-11-20(15,17)6/h7,15-17,21-22H,1-2,8-13H2,3-6H3/t15-,16+,17+,19-,20+/m1/s1. The van der Waals surface area contributed by atoms with E-state index in [0.29, 0.717) is 24.7 Å². The molecule has 22 heavy (non-hydrogen) atoms. The van der Waals surface area contributed by atoms with Crippen molar-refractivity contribution in [3.63, 3.8) is 0 Å². The highest BCUT2D eigenvalue weighted by molar-refractivity contribution is 5.18. The molecule has 2 aliphatic rings.